The number of anilines is 1. The Morgan fingerprint density at radius 2 is 1.72 bits per heavy atom. The molecule has 4 rings (SSSR count). The third-order valence-corrected chi connectivity index (χ3v) is 5.63. The summed E-state index contributed by atoms with van der Waals surface area (Å²) in [6.45, 7) is 4.11. The van der Waals surface area contributed by atoms with Gasteiger partial charge in [-0.05, 0) is 39.7 Å². The normalized spacial score (nSPS) is 13.9. The van der Waals surface area contributed by atoms with Gasteiger partial charge in [0.1, 0.15) is 5.82 Å². The van der Waals surface area contributed by atoms with Crippen LogP contribution in [0.3, 0.4) is 0 Å². The maximum absolute atomic E-state index is 13.2. The third-order valence-electron chi connectivity index (χ3n) is 5.63. The van der Waals surface area contributed by atoms with Crippen molar-refractivity contribution < 1.29 is 14.1 Å². The smallest absolute Gasteiger partial charge is 0.358 e. The van der Waals surface area contributed by atoms with Crippen LogP contribution < -0.4 is 4.90 Å². The van der Waals surface area contributed by atoms with Crippen LogP contribution in [0.2, 0.25) is 0 Å². The van der Waals surface area contributed by atoms with Gasteiger partial charge in [0.05, 0.1) is 6.54 Å². The SMILES string of the molecule is CCc1nc([N+](=O)[O-])c(N2CCN(C(=O)c3ccc(F)cc3)CC2)n1Cc1ccccc1. The van der Waals surface area contributed by atoms with E-state index in [-0.39, 0.29) is 11.7 Å². The molecule has 0 atom stereocenters. The fourth-order valence-corrected chi connectivity index (χ4v) is 4.01. The Labute approximate surface area is 185 Å². The molecule has 166 valence electrons. The second kappa shape index (κ2) is 9.17. The number of carbonyl (C=O) groups excluding carboxylic acids is 1. The van der Waals surface area contributed by atoms with Crippen LogP contribution in [-0.4, -0.2) is 51.5 Å². The molecule has 1 aromatic heterocycles. The molecule has 3 aromatic rings. The minimum atomic E-state index is -0.438. The van der Waals surface area contributed by atoms with Gasteiger partial charge in [-0.15, -0.1) is 0 Å². The molecule has 9 heteroatoms. The molecule has 2 heterocycles. The van der Waals surface area contributed by atoms with Crippen LogP contribution in [0.15, 0.2) is 54.6 Å². The number of nitro groups is 1. The molecular formula is C23H24FN5O3. The molecule has 0 saturated carbocycles. The van der Waals surface area contributed by atoms with Crippen molar-refractivity contribution in [3.63, 3.8) is 0 Å². The van der Waals surface area contributed by atoms with Gasteiger partial charge < -0.3 is 19.9 Å². The van der Waals surface area contributed by atoms with E-state index < -0.39 is 10.7 Å². The van der Waals surface area contributed by atoms with Crippen molar-refractivity contribution in [1.82, 2.24) is 14.5 Å². The summed E-state index contributed by atoms with van der Waals surface area (Å²) in [7, 11) is 0. The number of aryl methyl sites for hydroxylation is 1. The summed E-state index contributed by atoms with van der Waals surface area (Å²) in [4.78, 5) is 32.0. The summed E-state index contributed by atoms with van der Waals surface area (Å²) in [5.41, 5.74) is 1.45. The van der Waals surface area contributed by atoms with E-state index in [0.717, 1.165) is 5.56 Å². The first kappa shape index (κ1) is 21.5. The molecule has 0 spiro atoms. The highest BCUT2D eigenvalue weighted by Gasteiger charge is 2.33. The van der Waals surface area contributed by atoms with Crippen LogP contribution in [0.5, 0.6) is 0 Å². The monoisotopic (exact) mass is 437 g/mol. The number of carbonyl (C=O) groups is 1. The van der Waals surface area contributed by atoms with Gasteiger partial charge in [-0.2, -0.15) is 0 Å². The Bertz CT molecular complexity index is 1110. The molecule has 32 heavy (non-hydrogen) atoms. The van der Waals surface area contributed by atoms with Crippen LogP contribution >= 0.6 is 0 Å². The van der Waals surface area contributed by atoms with Crippen LogP contribution in [0.4, 0.5) is 16.0 Å². The molecule has 1 aliphatic heterocycles. The van der Waals surface area contributed by atoms with Gasteiger partial charge in [0.15, 0.2) is 0 Å². The molecule has 0 N–H and O–H groups in total. The number of amides is 1. The number of benzene rings is 2. The average molecular weight is 437 g/mol. The Morgan fingerprint density at radius 3 is 2.31 bits per heavy atom. The van der Waals surface area contributed by atoms with Crippen molar-refractivity contribution in [3.8, 4) is 0 Å². The fraction of sp³-hybridized carbons (Fsp3) is 0.304. The molecule has 0 bridgehead atoms. The molecule has 1 amide bonds. The van der Waals surface area contributed by atoms with Gasteiger partial charge in [0.25, 0.3) is 5.91 Å². The van der Waals surface area contributed by atoms with Crippen LogP contribution in [0, 0.1) is 15.9 Å². The van der Waals surface area contributed by atoms with Crippen LogP contribution in [-0.2, 0) is 13.0 Å². The largest absolute Gasteiger partial charge is 0.406 e. The molecule has 0 unspecified atom stereocenters. The summed E-state index contributed by atoms with van der Waals surface area (Å²) in [6.07, 6.45) is 0.566. The standard InChI is InChI=1S/C23H24FN5O3/c1-2-20-25-21(29(31)32)22(28(20)16-17-6-4-3-5-7-17)26-12-14-27(15-13-26)23(30)18-8-10-19(24)11-9-18/h3-11H,2,12-16H2,1H3. The van der Waals surface area contributed by atoms with Crippen molar-refractivity contribution >= 4 is 17.5 Å². The van der Waals surface area contributed by atoms with Gasteiger partial charge >= 0.3 is 5.82 Å². The van der Waals surface area contributed by atoms with Gasteiger partial charge in [-0.25, -0.2) is 4.39 Å². The second-order valence-electron chi connectivity index (χ2n) is 7.64. The Kier molecular flexibility index (Phi) is 6.16. The van der Waals surface area contributed by atoms with Gasteiger partial charge in [0.2, 0.25) is 11.6 Å². The number of rotatable bonds is 6. The number of aromatic nitrogens is 2. The van der Waals surface area contributed by atoms with Crippen LogP contribution in [0.25, 0.3) is 0 Å². The quantitative estimate of drug-likeness (QED) is 0.435. The maximum atomic E-state index is 13.2. The number of hydrogen-bond acceptors (Lipinski definition) is 5. The Balaban J connectivity index is 1.58. The average Bonchev–Trinajstić information content (AvgIpc) is 3.18. The molecular weight excluding hydrogens is 413 g/mol. The first-order chi connectivity index (χ1) is 15.5. The van der Waals surface area contributed by atoms with Gasteiger partial charge in [-0.1, -0.05) is 37.3 Å². The predicted octanol–water partition coefficient (Wildman–Crippen LogP) is 3.50. The first-order valence-electron chi connectivity index (χ1n) is 10.6. The van der Waals surface area contributed by atoms with Crippen molar-refractivity contribution in [1.29, 1.82) is 0 Å². The van der Waals surface area contributed by atoms with Gasteiger partial charge in [0, 0.05) is 38.2 Å². The highest BCUT2D eigenvalue weighted by Crippen LogP contribution is 2.31. The lowest BCUT2D eigenvalue weighted by Crippen LogP contribution is -2.49. The van der Waals surface area contributed by atoms with Crippen molar-refractivity contribution in [2.24, 2.45) is 0 Å². The zero-order valence-electron chi connectivity index (χ0n) is 17.8. The summed E-state index contributed by atoms with van der Waals surface area (Å²) in [5, 5.41) is 11.8. The Morgan fingerprint density at radius 1 is 1.06 bits per heavy atom. The molecule has 8 nitrogen and oxygen atoms in total. The predicted molar refractivity (Wildman–Crippen MR) is 118 cm³/mol. The minimum absolute atomic E-state index is 0.156. The van der Waals surface area contributed by atoms with E-state index in [1.54, 1.807) is 4.90 Å². The summed E-state index contributed by atoms with van der Waals surface area (Å²) < 4.78 is 15.1. The number of piperazine rings is 1. The lowest BCUT2D eigenvalue weighted by molar-refractivity contribution is -0.388. The van der Waals surface area contributed by atoms with Crippen LogP contribution in [0.1, 0.15) is 28.7 Å². The number of hydrogen-bond donors (Lipinski definition) is 0. The first-order valence-corrected chi connectivity index (χ1v) is 10.6. The topological polar surface area (TPSA) is 84.5 Å². The zero-order valence-corrected chi connectivity index (χ0v) is 17.8. The lowest BCUT2D eigenvalue weighted by atomic mass is 10.1. The fourth-order valence-electron chi connectivity index (χ4n) is 4.01. The molecule has 2 aromatic carbocycles. The van der Waals surface area contributed by atoms with E-state index in [9.17, 15) is 19.3 Å². The van der Waals surface area contributed by atoms with E-state index in [1.807, 2.05) is 46.7 Å². The number of halogens is 1. The zero-order chi connectivity index (χ0) is 22.7. The molecule has 1 aliphatic rings. The van der Waals surface area contributed by atoms with E-state index in [0.29, 0.717) is 56.4 Å². The highest BCUT2D eigenvalue weighted by atomic mass is 19.1. The van der Waals surface area contributed by atoms with Crippen molar-refractivity contribution in [2.45, 2.75) is 19.9 Å². The molecule has 0 aliphatic carbocycles. The van der Waals surface area contributed by atoms with E-state index in [4.69, 9.17) is 0 Å². The molecule has 0 radical (unpaired) electrons. The van der Waals surface area contributed by atoms with E-state index in [1.165, 1.54) is 24.3 Å². The third kappa shape index (κ3) is 4.32. The van der Waals surface area contributed by atoms with Gasteiger partial charge in [-0.3, -0.25) is 9.36 Å². The molecule has 1 saturated heterocycles. The number of nitrogens with zero attached hydrogens (tertiary/aromatic N) is 5. The van der Waals surface area contributed by atoms with E-state index >= 15 is 0 Å². The second-order valence-corrected chi connectivity index (χ2v) is 7.64. The summed E-state index contributed by atoms with van der Waals surface area (Å²) in [6, 6.07) is 15.2. The summed E-state index contributed by atoms with van der Waals surface area (Å²) in [5.74, 6) is 0.407. The van der Waals surface area contributed by atoms with Crippen molar-refractivity contribution in [3.05, 3.63) is 87.5 Å². The summed E-state index contributed by atoms with van der Waals surface area (Å²) >= 11 is 0. The highest BCUT2D eigenvalue weighted by molar-refractivity contribution is 5.94. The molecule has 1 fully saturated rings. The minimum Gasteiger partial charge on any atom is -0.358 e. The maximum Gasteiger partial charge on any atom is 0.406 e. The Hall–Kier alpha value is -3.75. The van der Waals surface area contributed by atoms with Crippen molar-refractivity contribution in [2.75, 3.05) is 31.1 Å². The van der Waals surface area contributed by atoms with E-state index in [2.05, 4.69) is 4.98 Å². The lowest BCUT2D eigenvalue weighted by Gasteiger charge is -2.35. The number of imidazole rings is 1.